The van der Waals surface area contributed by atoms with Gasteiger partial charge in [-0.1, -0.05) is 12.1 Å². The van der Waals surface area contributed by atoms with E-state index >= 15 is 0 Å². The van der Waals surface area contributed by atoms with Gasteiger partial charge in [-0.15, -0.1) is 0 Å². The first kappa shape index (κ1) is 15.9. The summed E-state index contributed by atoms with van der Waals surface area (Å²) in [5, 5.41) is 18.3. The topological polar surface area (TPSA) is 109 Å². The maximum atomic E-state index is 13.3. The third-order valence-corrected chi connectivity index (χ3v) is 3.95. The number of nitrogen functional groups attached to an aromatic ring is 2. The number of nitrogens with two attached hydrogens (primary N) is 2. The van der Waals surface area contributed by atoms with Crippen LogP contribution in [0.2, 0.25) is 0 Å². The monoisotopic (exact) mass is 324 g/mol. The molecule has 0 bridgehead atoms. The number of aromatic nitrogens is 1. The predicted molar refractivity (Wildman–Crippen MR) is 94.6 cm³/mol. The second kappa shape index (κ2) is 6.25. The number of anilines is 2. The quantitative estimate of drug-likeness (QED) is 0.437. The SMILES string of the molecule is N=Cc1cc2c(-c3ccc(F)cc3)c(CCO)nc(N)c2cc1N. The number of hydrogen-bond acceptors (Lipinski definition) is 5. The Hall–Kier alpha value is -2.99. The van der Waals surface area contributed by atoms with Gasteiger partial charge in [0.15, 0.2) is 0 Å². The van der Waals surface area contributed by atoms with Crippen LogP contribution in [0.5, 0.6) is 0 Å². The molecule has 0 amide bonds. The molecular formula is C18H17FN4O. The molecule has 6 heteroatoms. The number of rotatable bonds is 4. The molecule has 2 aromatic carbocycles. The van der Waals surface area contributed by atoms with Crippen LogP contribution in [0, 0.1) is 11.2 Å². The van der Waals surface area contributed by atoms with Gasteiger partial charge in [0.2, 0.25) is 0 Å². The lowest BCUT2D eigenvalue weighted by atomic mass is 9.94. The minimum Gasteiger partial charge on any atom is -0.398 e. The van der Waals surface area contributed by atoms with Gasteiger partial charge < -0.3 is 22.0 Å². The zero-order valence-electron chi connectivity index (χ0n) is 12.9. The first-order valence-electron chi connectivity index (χ1n) is 7.44. The number of aliphatic hydroxyl groups excluding tert-OH is 1. The molecule has 0 aliphatic heterocycles. The van der Waals surface area contributed by atoms with E-state index < -0.39 is 0 Å². The molecule has 122 valence electrons. The minimum atomic E-state index is -0.334. The Bertz CT molecular complexity index is 923. The number of fused-ring (bicyclic) bond motifs is 1. The molecule has 24 heavy (non-hydrogen) atoms. The summed E-state index contributed by atoms with van der Waals surface area (Å²) < 4.78 is 13.3. The summed E-state index contributed by atoms with van der Waals surface area (Å²) in [7, 11) is 0. The van der Waals surface area contributed by atoms with Gasteiger partial charge in [-0.2, -0.15) is 0 Å². The summed E-state index contributed by atoms with van der Waals surface area (Å²) in [5.41, 5.74) is 15.1. The molecule has 0 spiro atoms. The van der Waals surface area contributed by atoms with Crippen LogP contribution in [0.15, 0.2) is 36.4 Å². The number of pyridine rings is 1. The number of nitrogens with one attached hydrogen (secondary N) is 1. The largest absolute Gasteiger partial charge is 0.398 e. The molecule has 3 rings (SSSR count). The van der Waals surface area contributed by atoms with Gasteiger partial charge in [0.1, 0.15) is 11.6 Å². The van der Waals surface area contributed by atoms with Crippen molar-refractivity contribution in [3.8, 4) is 11.1 Å². The Morgan fingerprint density at radius 1 is 1.12 bits per heavy atom. The third kappa shape index (κ3) is 2.68. The highest BCUT2D eigenvalue weighted by atomic mass is 19.1. The Balaban J connectivity index is 2.42. The van der Waals surface area contributed by atoms with E-state index in [1.807, 2.05) is 0 Å². The van der Waals surface area contributed by atoms with E-state index in [9.17, 15) is 9.50 Å². The number of aliphatic hydroxyl groups is 1. The fraction of sp³-hybridized carbons (Fsp3) is 0.111. The third-order valence-electron chi connectivity index (χ3n) is 3.95. The molecule has 5 nitrogen and oxygen atoms in total. The van der Waals surface area contributed by atoms with Crippen LogP contribution >= 0.6 is 0 Å². The molecule has 1 aromatic heterocycles. The van der Waals surface area contributed by atoms with Crippen molar-refractivity contribution in [2.24, 2.45) is 0 Å². The van der Waals surface area contributed by atoms with Crippen molar-refractivity contribution in [3.63, 3.8) is 0 Å². The molecule has 0 aliphatic rings. The molecule has 3 aromatic rings. The van der Waals surface area contributed by atoms with Crippen LogP contribution in [0.1, 0.15) is 11.3 Å². The lowest BCUT2D eigenvalue weighted by Gasteiger charge is -2.15. The second-order valence-corrected chi connectivity index (χ2v) is 5.47. The maximum absolute atomic E-state index is 13.3. The van der Waals surface area contributed by atoms with E-state index in [-0.39, 0.29) is 12.4 Å². The first-order valence-corrected chi connectivity index (χ1v) is 7.44. The van der Waals surface area contributed by atoms with Gasteiger partial charge >= 0.3 is 0 Å². The van der Waals surface area contributed by atoms with Crippen molar-refractivity contribution in [1.82, 2.24) is 4.98 Å². The Morgan fingerprint density at radius 3 is 2.46 bits per heavy atom. The lowest BCUT2D eigenvalue weighted by Crippen LogP contribution is -2.05. The van der Waals surface area contributed by atoms with Crippen LogP contribution in [-0.2, 0) is 6.42 Å². The average molecular weight is 324 g/mol. The molecule has 0 aliphatic carbocycles. The van der Waals surface area contributed by atoms with Crippen molar-refractivity contribution in [2.75, 3.05) is 18.1 Å². The van der Waals surface area contributed by atoms with E-state index in [4.69, 9.17) is 16.9 Å². The molecule has 1 heterocycles. The molecule has 0 unspecified atom stereocenters. The molecule has 0 radical (unpaired) electrons. The fourth-order valence-electron chi connectivity index (χ4n) is 2.82. The predicted octanol–water partition coefficient (Wildman–Crippen LogP) is 2.74. The van der Waals surface area contributed by atoms with Crippen LogP contribution in [0.25, 0.3) is 21.9 Å². The highest BCUT2D eigenvalue weighted by Gasteiger charge is 2.16. The smallest absolute Gasteiger partial charge is 0.131 e. The summed E-state index contributed by atoms with van der Waals surface area (Å²) in [5.74, 6) is -0.0258. The molecule has 0 saturated carbocycles. The first-order chi connectivity index (χ1) is 11.5. The number of halogens is 1. The number of benzene rings is 2. The van der Waals surface area contributed by atoms with Crippen LogP contribution < -0.4 is 11.5 Å². The van der Waals surface area contributed by atoms with E-state index in [0.717, 1.165) is 16.5 Å². The number of hydrogen-bond donors (Lipinski definition) is 4. The van der Waals surface area contributed by atoms with Crippen LogP contribution in [-0.4, -0.2) is 22.9 Å². The van der Waals surface area contributed by atoms with E-state index in [0.29, 0.717) is 34.6 Å². The average Bonchev–Trinajstić information content (AvgIpc) is 2.57. The summed E-state index contributed by atoms with van der Waals surface area (Å²) in [6.45, 7) is -0.0848. The zero-order chi connectivity index (χ0) is 17.3. The van der Waals surface area contributed by atoms with Gasteiger partial charge in [-0.25, -0.2) is 9.37 Å². The van der Waals surface area contributed by atoms with Gasteiger partial charge in [0.25, 0.3) is 0 Å². The Morgan fingerprint density at radius 2 is 1.83 bits per heavy atom. The van der Waals surface area contributed by atoms with E-state index in [1.165, 1.54) is 18.3 Å². The summed E-state index contributed by atoms with van der Waals surface area (Å²) >= 11 is 0. The zero-order valence-corrected chi connectivity index (χ0v) is 12.9. The van der Waals surface area contributed by atoms with Crippen molar-refractivity contribution >= 4 is 28.5 Å². The molecule has 0 atom stereocenters. The Kier molecular flexibility index (Phi) is 4.14. The summed E-state index contributed by atoms with van der Waals surface area (Å²) in [4.78, 5) is 4.40. The van der Waals surface area contributed by atoms with Gasteiger partial charge in [0, 0.05) is 41.4 Å². The van der Waals surface area contributed by atoms with E-state index in [1.54, 1.807) is 24.3 Å². The van der Waals surface area contributed by atoms with Crippen molar-refractivity contribution in [3.05, 3.63) is 53.5 Å². The van der Waals surface area contributed by atoms with Gasteiger partial charge in [-0.3, -0.25) is 0 Å². The molecule has 0 saturated heterocycles. The number of nitrogens with zero attached hydrogens (tertiary/aromatic N) is 1. The molecular weight excluding hydrogens is 307 g/mol. The van der Waals surface area contributed by atoms with E-state index in [2.05, 4.69) is 4.98 Å². The van der Waals surface area contributed by atoms with Crippen molar-refractivity contribution in [1.29, 1.82) is 5.41 Å². The fourth-order valence-corrected chi connectivity index (χ4v) is 2.82. The highest BCUT2D eigenvalue weighted by molar-refractivity contribution is 6.07. The maximum Gasteiger partial charge on any atom is 0.131 e. The molecule has 0 fully saturated rings. The van der Waals surface area contributed by atoms with Crippen LogP contribution in [0.3, 0.4) is 0 Å². The van der Waals surface area contributed by atoms with Gasteiger partial charge in [0.05, 0.1) is 5.69 Å². The Labute approximate surface area is 138 Å². The standard InChI is InChI=1S/C18H17FN4O/c19-12-3-1-10(2-4-12)17-13-7-11(9-20)15(21)8-14(13)18(22)23-16(17)5-6-24/h1-4,7-9,20,24H,5-6,21H2,(H2,22,23). The normalized spacial score (nSPS) is 10.9. The summed E-state index contributed by atoms with van der Waals surface area (Å²) in [6.07, 6.45) is 1.49. The van der Waals surface area contributed by atoms with Crippen molar-refractivity contribution in [2.45, 2.75) is 6.42 Å². The lowest BCUT2D eigenvalue weighted by molar-refractivity contribution is 0.298. The van der Waals surface area contributed by atoms with Crippen LogP contribution in [0.4, 0.5) is 15.9 Å². The van der Waals surface area contributed by atoms with Crippen molar-refractivity contribution < 1.29 is 9.50 Å². The molecule has 6 N–H and O–H groups in total. The highest BCUT2D eigenvalue weighted by Crippen LogP contribution is 2.36. The summed E-state index contributed by atoms with van der Waals surface area (Å²) in [6, 6.07) is 9.51. The van der Waals surface area contributed by atoms with Gasteiger partial charge in [-0.05, 0) is 35.2 Å². The second-order valence-electron chi connectivity index (χ2n) is 5.47. The minimum absolute atomic E-state index is 0.0848.